The van der Waals surface area contributed by atoms with E-state index in [4.69, 9.17) is 18.0 Å². The van der Waals surface area contributed by atoms with Crippen LogP contribution in [0.1, 0.15) is 31.4 Å². The number of hydrogen-bond acceptors (Lipinski definition) is 5. The molecule has 0 amide bonds. The highest BCUT2D eigenvalue weighted by molar-refractivity contribution is 7.80. The molecule has 2 rings (SSSR count). The zero-order valence-corrected chi connectivity index (χ0v) is 11.1. The molecule has 0 aliphatic carbocycles. The Labute approximate surface area is 112 Å². The molecule has 0 spiro atoms. The van der Waals surface area contributed by atoms with Crippen LogP contribution in [0.25, 0.3) is 0 Å². The lowest BCUT2D eigenvalue weighted by atomic mass is 10.1. The lowest BCUT2D eigenvalue weighted by molar-refractivity contribution is 0.254. The molecule has 1 fully saturated rings. The van der Waals surface area contributed by atoms with Gasteiger partial charge >= 0.3 is 0 Å². The Kier molecular flexibility index (Phi) is 4.43. The summed E-state index contributed by atoms with van der Waals surface area (Å²) in [6, 6.07) is 1.80. The summed E-state index contributed by atoms with van der Waals surface area (Å²) in [5.41, 5.74) is 6.16. The normalized spacial score (nSPS) is 20.5. The van der Waals surface area contributed by atoms with E-state index >= 15 is 0 Å². The van der Waals surface area contributed by atoms with E-state index in [-0.39, 0.29) is 17.6 Å². The third-order valence-corrected chi connectivity index (χ3v) is 3.45. The van der Waals surface area contributed by atoms with E-state index < -0.39 is 0 Å². The predicted molar refractivity (Wildman–Crippen MR) is 74.6 cm³/mol. The van der Waals surface area contributed by atoms with Crippen LogP contribution < -0.4 is 10.6 Å². The molecule has 1 aliphatic heterocycles. The molecule has 0 aromatic carbocycles. The maximum absolute atomic E-state index is 9.48. The van der Waals surface area contributed by atoms with E-state index in [0.29, 0.717) is 11.6 Å². The Morgan fingerprint density at radius 1 is 1.50 bits per heavy atom. The van der Waals surface area contributed by atoms with Gasteiger partial charge in [0, 0.05) is 12.7 Å². The zero-order chi connectivity index (χ0) is 13.0. The third-order valence-electron chi connectivity index (χ3n) is 3.24. The van der Waals surface area contributed by atoms with Crippen molar-refractivity contribution in [3.8, 4) is 0 Å². The van der Waals surface area contributed by atoms with Crippen LogP contribution in [0.3, 0.4) is 0 Å². The fourth-order valence-electron chi connectivity index (χ4n) is 2.25. The van der Waals surface area contributed by atoms with Gasteiger partial charge in [0.1, 0.15) is 10.7 Å². The van der Waals surface area contributed by atoms with E-state index in [2.05, 4.69) is 14.9 Å². The van der Waals surface area contributed by atoms with Crippen LogP contribution >= 0.6 is 12.2 Å². The van der Waals surface area contributed by atoms with E-state index in [1.807, 2.05) is 0 Å². The number of aliphatic hydroxyl groups is 1. The summed E-state index contributed by atoms with van der Waals surface area (Å²) < 4.78 is 0. The molecule has 1 aromatic rings. The molecule has 1 aliphatic rings. The van der Waals surface area contributed by atoms with Crippen LogP contribution in [0.15, 0.2) is 12.3 Å². The summed E-state index contributed by atoms with van der Waals surface area (Å²) in [5.74, 6) is 0.612. The first-order valence-corrected chi connectivity index (χ1v) is 6.63. The van der Waals surface area contributed by atoms with Gasteiger partial charge in [-0.15, -0.1) is 0 Å². The molecule has 0 radical (unpaired) electrons. The second-order valence-electron chi connectivity index (χ2n) is 4.49. The third kappa shape index (κ3) is 2.94. The van der Waals surface area contributed by atoms with Crippen molar-refractivity contribution in [2.45, 2.75) is 31.7 Å². The Hall–Kier alpha value is -1.27. The highest BCUT2D eigenvalue weighted by atomic mass is 32.1. The van der Waals surface area contributed by atoms with Crippen molar-refractivity contribution in [1.29, 1.82) is 0 Å². The monoisotopic (exact) mass is 266 g/mol. The van der Waals surface area contributed by atoms with Crippen LogP contribution in [0.4, 0.5) is 5.95 Å². The Morgan fingerprint density at radius 3 is 3.06 bits per heavy atom. The molecule has 2 heterocycles. The molecular weight excluding hydrogens is 248 g/mol. The maximum Gasteiger partial charge on any atom is 0.226 e. The first-order chi connectivity index (χ1) is 8.72. The smallest absolute Gasteiger partial charge is 0.226 e. The second-order valence-corrected chi connectivity index (χ2v) is 4.93. The number of rotatable bonds is 3. The highest BCUT2D eigenvalue weighted by Gasteiger charge is 2.22. The molecule has 3 N–H and O–H groups in total. The first-order valence-electron chi connectivity index (χ1n) is 6.22. The summed E-state index contributed by atoms with van der Waals surface area (Å²) in [6.45, 7) is 0.993. The number of aliphatic hydroxyl groups excluding tert-OH is 1. The fraction of sp³-hybridized carbons (Fsp3) is 0.583. The van der Waals surface area contributed by atoms with E-state index in [1.165, 1.54) is 6.42 Å². The quantitative estimate of drug-likeness (QED) is 0.790. The van der Waals surface area contributed by atoms with Crippen molar-refractivity contribution in [3.63, 3.8) is 0 Å². The number of nitrogens with zero attached hydrogens (tertiary/aromatic N) is 3. The average Bonchev–Trinajstić information content (AvgIpc) is 2.63. The van der Waals surface area contributed by atoms with Gasteiger partial charge in [-0.3, -0.25) is 0 Å². The van der Waals surface area contributed by atoms with Gasteiger partial charge in [0.25, 0.3) is 0 Å². The van der Waals surface area contributed by atoms with E-state index in [9.17, 15) is 5.11 Å². The number of aromatic nitrogens is 2. The SMILES string of the molecule is NC(=S)c1ccnc(N2CCCCCC2CO)n1. The van der Waals surface area contributed by atoms with Gasteiger partial charge in [-0.25, -0.2) is 9.97 Å². The summed E-state index contributed by atoms with van der Waals surface area (Å²) in [7, 11) is 0. The van der Waals surface area contributed by atoms with Crippen LogP contribution in [0, 0.1) is 0 Å². The van der Waals surface area contributed by atoms with E-state index in [1.54, 1.807) is 12.3 Å². The Bertz CT molecular complexity index is 426. The van der Waals surface area contributed by atoms with Crippen LogP contribution in [0.2, 0.25) is 0 Å². The van der Waals surface area contributed by atoms with Crippen LogP contribution in [0.5, 0.6) is 0 Å². The van der Waals surface area contributed by atoms with Crippen molar-refractivity contribution in [3.05, 3.63) is 18.0 Å². The average molecular weight is 266 g/mol. The van der Waals surface area contributed by atoms with Gasteiger partial charge < -0.3 is 15.7 Å². The molecule has 6 heteroatoms. The number of hydrogen-bond donors (Lipinski definition) is 2. The van der Waals surface area contributed by atoms with Gasteiger partial charge in [-0.1, -0.05) is 25.1 Å². The molecule has 5 nitrogen and oxygen atoms in total. The molecule has 18 heavy (non-hydrogen) atoms. The van der Waals surface area contributed by atoms with E-state index in [0.717, 1.165) is 25.8 Å². The number of anilines is 1. The number of nitrogens with two attached hydrogens (primary N) is 1. The molecule has 1 aromatic heterocycles. The molecule has 1 unspecified atom stereocenters. The first kappa shape index (κ1) is 13.2. The largest absolute Gasteiger partial charge is 0.394 e. The maximum atomic E-state index is 9.48. The van der Waals surface area contributed by atoms with Gasteiger partial charge in [-0.2, -0.15) is 0 Å². The minimum atomic E-state index is 0.0918. The Balaban J connectivity index is 2.26. The molecule has 1 atom stereocenters. The summed E-state index contributed by atoms with van der Waals surface area (Å²) in [6.07, 6.45) is 6.04. The van der Waals surface area contributed by atoms with Crippen molar-refractivity contribution in [2.75, 3.05) is 18.1 Å². The lowest BCUT2D eigenvalue weighted by Gasteiger charge is -2.28. The van der Waals surface area contributed by atoms with Gasteiger partial charge in [0.2, 0.25) is 5.95 Å². The molecule has 0 bridgehead atoms. The lowest BCUT2D eigenvalue weighted by Crippen LogP contribution is -2.39. The van der Waals surface area contributed by atoms with Crippen molar-refractivity contribution in [2.24, 2.45) is 5.73 Å². The summed E-state index contributed by atoms with van der Waals surface area (Å²) >= 11 is 4.93. The topological polar surface area (TPSA) is 75.3 Å². The fourth-order valence-corrected chi connectivity index (χ4v) is 2.37. The minimum absolute atomic E-state index is 0.0918. The van der Waals surface area contributed by atoms with Crippen LogP contribution in [-0.4, -0.2) is 39.3 Å². The van der Waals surface area contributed by atoms with Crippen molar-refractivity contribution >= 4 is 23.2 Å². The highest BCUT2D eigenvalue weighted by Crippen LogP contribution is 2.20. The molecule has 98 valence electrons. The van der Waals surface area contributed by atoms with Gasteiger partial charge in [0.15, 0.2) is 0 Å². The van der Waals surface area contributed by atoms with Gasteiger partial charge in [0.05, 0.1) is 12.6 Å². The van der Waals surface area contributed by atoms with Crippen molar-refractivity contribution in [1.82, 2.24) is 9.97 Å². The summed E-state index contributed by atoms with van der Waals surface area (Å²) in [4.78, 5) is 11.0. The van der Waals surface area contributed by atoms with Gasteiger partial charge in [-0.05, 0) is 18.9 Å². The van der Waals surface area contributed by atoms with Crippen molar-refractivity contribution < 1.29 is 5.11 Å². The molecular formula is C12H18N4OS. The second kappa shape index (κ2) is 6.06. The Morgan fingerprint density at radius 2 is 2.33 bits per heavy atom. The predicted octanol–water partition coefficient (Wildman–Crippen LogP) is 0.852. The summed E-state index contributed by atoms with van der Waals surface area (Å²) in [5, 5.41) is 9.48. The number of thiocarbonyl (C=S) groups is 1. The standard InChI is InChI=1S/C12H18N4OS/c13-11(18)10-5-6-14-12(15-10)16-7-3-1-2-4-9(16)8-17/h5-6,9,17H,1-4,7-8H2,(H2,13,18). The van der Waals surface area contributed by atoms with Crippen LogP contribution in [-0.2, 0) is 0 Å². The zero-order valence-electron chi connectivity index (χ0n) is 10.2. The molecule has 0 saturated carbocycles. The minimum Gasteiger partial charge on any atom is -0.394 e. The molecule has 1 saturated heterocycles.